The lowest BCUT2D eigenvalue weighted by Gasteiger charge is -2.25. The van der Waals surface area contributed by atoms with Gasteiger partial charge >= 0.3 is 0 Å². The maximum absolute atomic E-state index is 11.2. The topological polar surface area (TPSA) is 38.3 Å². The number of aryl methyl sites for hydroxylation is 2. The Morgan fingerprint density at radius 3 is 2.72 bits per heavy atom. The number of benzene rings is 1. The molecule has 1 amide bonds. The van der Waals surface area contributed by atoms with Gasteiger partial charge < -0.3 is 10.1 Å². The lowest BCUT2D eigenvalue weighted by Crippen LogP contribution is -2.33. The zero-order chi connectivity index (χ0) is 13.1. The highest BCUT2D eigenvalue weighted by atomic mass is 16.5. The highest BCUT2D eigenvalue weighted by Gasteiger charge is 2.21. The highest BCUT2D eigenvalue weighted by Crippen LogP contribution is 2.31. The third-order valence-corrected chi connectivity index (χ3v) is 3.57. The Morgan fingerprint density at radius 2 is 2.11 bits per heavy atom. The number of hydrogen-bond donors (Lipinski definition) is 1. The van der Waals surface area contributed by atoms with Gasteiger partial charge in [-0.1, -0.05) is 6.07 Å². The molecule has 1 saturated heterocycles. The number of hydrogen-bond acceptors (Lipinski definition) is 2. The number of amides is 1. The molecule has 0 aromatic heterocycles. The van der Waals surface area contributed by atoms with Gasteiger partial charge in [-0.15, -0.1) is 0 Å². The summed E-state index contributed by atoms with van der Waals surface area (Å²) < 4.78 is 5.61. The molecule has 18 heavy (non-hydrogen) atoms. The third kappa shape index (κ3) is 2.66. The molecule has 1 aromatic rings. The normalized spacial score (nSPS) is 19.5. The predicted octanol–water partition coefficient (Wildman–Crippen LogP) is 2.70. The first-order valence-electron chi connectivity index (χ1n) is 6.62. The molecule has 1 aliphatic rings. The second kappa shape index (κ2) is 5.42. The van der Waals surface area contributed by atoms with Gasteiger partial charge in [0, 0.05) is 18.9 Å². The van der Waals surface area contributed by atoms with Crippen LogP contribution in [0.4, 0.5) is 0 Å². The van der Waals surface area contributed by atoms with Crippen LogP contribution in [0.1, 0.15) is 42.4 Å². The molecule has 1 aliphatic heterocycles. The molecule has 0 aliphatic carbocycles. The molecular weight excluding hydrogens is 226 g/mol. The summed E-state index contributed by atoms with van der Waals surface area (Å²) in [5, 5.41) is 2.95. The van der Waals surface area contributed by atoms with Gasteiger partial charge in [0.15, 0.2) is 0 Å². The van der Waals surface area contributed by atoms with Crippen LogP contribution < -0.4 is 10.1 Å². The van der Waals surface area contributed by atoms with Crippen LogP contribution in [-0.2, 0) is 4.79 Å². The Bertz CT molecular complexity index is 444. The molecule has 1 aromatic carbocycles. The number of carbonyl (C=O) groups is 1. The van der Waals surface area contributed by atoms with Crippen LogP contribution in [0.2, 0.25) is 0 Å². The molecule has 0 spiro atoms. The van der Waals surface area contributed by atoms with E-state index in [2.05, 4.69) is 31.3 Å². The number of nitrogens with one attached hydrogen (secondary N) is 1. The van der Waals surface area contributed by atoms with Gasteiger partial charge in [0.2, 0.25) is 5.91 Å². The van der Waals surface area contributed by atoms with Crippen molar-refractivity contribution in [3.8, 4) is 5.75 Å². The Hall–Kier alpha value is -1.51. The number of ether oxygens (including phenoxy) is 1. The highest BCUT2D eigenvalue weighted by molar-refractivity contribution is 5.77. The van der Waals surface area contributed by atoms with E-state index in [1.807, 2.05) is 6.92 Å². The minimum atomic E-state index is 0.173. The van der Waals surface area contributed by atoms with Crippen LogP contribution in [0.15, 0.2) is 12.1 Å². The van der Waals surface area contributed by atoms with Crippen molar-refractivity contribution in [1.82, 2.24) is 5.32 Å². The molecule has 0 radical (unpaired) electrons. The summed E-state index contributed by atoms with van der Waals surface area (Å²) in [6.07, 6.45) is 1.58. The molecule has 1 unspecified atom stereocenters. The lowest BCUT2D eigenvalue weighted by molar-refractivity contribution is -0.122. The molecule has 1 heterocycles. The summed E-state index contributed by atoms with van der Waals surface area (Å²) in [6.45, 7) is 7.65. The Kier molecular flexibility index (Phi) is 3.90. The minimum absolute atomic E-state index is 0.173. The van der Waals surface area contributed by atoms with Crippen LogP contribution >= 0.6 is 0 Å². The first-order valence-corrected chi connectivity index (χ1v) is 6.62. The van der Waals surface area contributed by atoms with E-state index in [9.17, 15) is 4.79 Å². The SMILES string of the molecule is CCOc1cc(C)c(C2CCC(=O)NC2)cc1C. The van der Waals surface area contributed by atoms with E-state index in [1.165, 1.54) is 16.7 Å². The van der Waals surface area contributed by atoms with Crippen molar-refractivity contribution in [3.63, 3.8) is 0 Å². The van der Waals surface area contributed by atoms with Crippen LogP contribution in [-0.4, -0.2) is 19.1 Å². The Balaban J connectivity index is 2.23. The Morgan fingerprint density at radius 1 is 1.33 bits per heavy atom. The Labute approximate surface area is 109 Å². The average molecular weight is 247 g/mol. The quantitative estimate of drug-likeness (QED) is 0.891. The molecular formula is C15H21NO2. The number of piperidine rings is 1. The van der Waals surface area contributed by atoms with E-state index in [0.29, 0.717) is 18.9 Å². The van der Waals surface area contributed by atoms with E-state index in [-0.39, 0.29) is 5.91 Å². The maximum Gasteiger partial charge on any atom is 0.220 e. The smallest absolute Gasteiger partial charge is 0.220 e. The first kappa shape index (κ1) is 12.9. The van der Waals surface area contributed by atoms with Gasteiger partial charge in [0.05, 0.1) is 6.61 Å². The molecule has 2 rings (SSSR count). The summed E-state index contributed by atoms with van der Waals surface area (Å²) >= 11 is 0. The summed E-state index contributed by atoms with van der Waals surface area (Å²) in [6, 6.07) is 4.33. The molecule has 3 nitrogen and oxygen atoms in total. The van der Waals surface area contributed by atoms with Crippen molar-refractivity contribution in [2.45, 2.75) is 39.5 Å². The van der Waals surface area contributed by atoms with E-state index >= 15 is 0 Å². The van der Waals surface area contributed by atoms with Gasteiger partial charge in [-0.2, -0.15) is 0 Å². The average Bonchev–Trinajstić information content (AvgIpc) is 2.35. The maximum atomic E-state index is 11.2. The summed E-state index contributed by atoms with van der Waals surface area (Å²) in [4.78, 5) is 11.2. The lowest BCUT2D eigenvalue weighted by atomic mass is 9.87. The van der Waals surface area contributed by atoms with Gasteiger partial charge in [0.1, 0.15) is 5.75 Å². The monoisotopic (exact) mass is 247 g/mol. The number of rotatable bonds is 3. The minimum Gasteiger partial charge on any atom is -0.494 e. The summed E-state index contributed by atoms with van der Waals surface area (Å²) in [7, 11) is 0. The van der Waals surface area contributed by atoms with Crippen molar-refractivity contribution >= 4 is 5.91 Å². The van der Waals surface area contributed by atoms with E-state index in [0.717, 1.165) is 18.7 Å². The molecule has 1 N–H and O–H groups in total. The van der Waals surface area contributed by atoms with Crippen LogP contribution in [0, 0.1) is 13.8 Å². The molecule has 1 atom stereocenters. The fraction of sp³-hybridized carbons (Fsp3) is 0.533. The van der Waals surface area contributed by atoms with Crippen LogP contribution in [0.5, 0.6) is 5.75 Å². The van der Waals surface area contributed by atoms with Gasteiger partial charge in [-0.25, -0.2) is 0 Å². The molecule has 0 bridgehead atoms. The molecule has 0 saturated carbocycles. The molecule has 3 heteroatoms. The van der Waals surface area contributed by atoms with Crippen LogP contribution in [0.3, 0.4) is 0 Å². The third-order valence-electron chi connectivity index (χ3n) is 3.57. The van der Waals surface area contributed by atoms with E-state index < -0.39 is 0 Å². The summed E-state index contributed by atoms with van der Waals surface area (Å²) in [5.41, 5.74) is 3.77. The molecule has 1 fully saturated rings. The van der Waals surface area contributed by atoms with Gasteiger partial charge in [-0.05, 0) is 49.9 Å². The predicted molar refractivity (Wildman–Crippen MR) is 72.1 cm³/mol. The fourth-order valence-corrected chi connectivity index (χ4v) is 2.56. The molecule has 98 valence electrons. The first-order chi connectivity index (χ1) is 8.61. The second-order valence-corrected chi connectivity index (χ2v) is 4.95. The zero-order valence-corrected chi connectivity index (χ0v) is 11.4. The van der Waals surface area contributed by atoms with E-state index in [1.54, 1.807) is 0 Å². The van der Waals surface area contributed by atoms with Gasteiger partial charge in [-0.3, -0.25) is 4.79 Å². The van der Waals surface area contributed by atoms with Gasteiger partial charge in [0.25, 0.3) is 0 Å². The largest absolute Gasteiger partial charge is 0.494 e. The van der Waals surface area contributed by atoms with E-state index in [4.69, 9.17) is 4.74 Å². The van der Waals surface area contributed by atoms with Crippen molar-refractivity contribution in [2.24, 2.45) is 0 Å². The standard InChI is InChI=1S/C15H21NO2/c1-4-18-14-8-10(2)13(7-11(14)3)12-5-6-15(17)16-9-12/h7-8,12H,4-6,9H2,1-3H3,(H,16,17). The van der Waals surface area contributed by atoms with Crippen molar-refractivity contribution < 1.29 is 9.53 Å². The summed E-state index contributed by atoms with van der Waals surface area (Å²) in [5.74, 6) is 1.59. The fourth-order valence-electron chi connectivity index (χ4n) is 2.56. The number of carbonyl (C=O) groups excluding carboxylic acids is 1. The van der Waals surface area contributed by atoms with Crippen LogP contribution in [0.25, 0.3) is 0 Å². The second-order valence-electron chi connectivity index (χ2n) is 4.95. The van der Waals surface area contributed by atoms with Crippen molar-refractivity contribution in [2.75, 3.05) is 13.2 Å². The van der Waals surface area contributed by atoms with Crippen molar-refractivity contribution in [3.05, 3.63) is 28.8 Å². The van der Waals surface area contributed by atoms with Crippen molar-refractivity contribution in [1.29, 1.82) is 0 Å². The zero-order valence-electron chi connectivity index (χ0n) is 11.4.